The molecular formula is C18H17N5O3. The molecule has 4 rings (SSSR count). The maximum atomic E-state index is 12.4. The summed E-state index contributed by atoms with van der Waals surface area (Å²) in [6.45, 7) is 1.10. The predicted molar refractivity (Wildman–Crippen MR) is 92.0 cm³/mol. The Balaban J connectivity index is 1.61. The molecule has 0 aliphatic carbocycles. The van der Waals surface area contributed by atoms with Crippen molar-refractivity contribution in [3.8, 4) is 23.3 Å². The molecule has 0 saturated carbocycles. The molecule has 132 valence electrons. The quantitative estimate of drug-likeness (QED) is 0.837. The molecule has 0 aromatic carbocycles. The van der Waals surface area contributed by atoms with E-state index in [2.05, 4.69) is 15.3 Å². The number of pyridine rings is 2. The van der Waals surface area contributed by atoms with Gasteiger partial charge in [0.2, 0.25) is 11.5 Å². The highest BCUT2D eigenvalue weighted by Crippen LogP contribution is 2.38. The Hall–Kier alpha value is -3.18. The molecule has 2 aromatic heterocycles. The molecule has 1 spiro atoms. The van der Waals surface area contributed by atoms with E-state index in [0.717, 1.165) is 21.9 Å². The van der Waals surface area contributed by atoms with E-state index in [0.29, 0.717) is 37.7 Å². The lowest BCUT2D eigenvalue weighted by Crippen LogP contribution is -2.51. The van der Waals surface area contributed by atoms with Gasteiger partial charge in [-0.15, -0.1) is 0 Å². The summed E-state index contributed by atoms with van der Waals surface area (Å²) in [7, 11) is 1.63. The van der Waals surface area contributed by atoms with Crippen molar-refractivity contribution in [3.05, 3.63) is 36.2 Å². The van der Waals surface area contributed by atoms with Gasteiger partial charge in [0.1, 0.15) is 0 Å². The molecule has 2 aromatic rings. The first-order chi connectivity index (χ1) is 12.6. The minimum Gasteiger partial charge on any atom is -0.457 e. The van der Waals surface area contributed by atoms with Crippen molar-refractivity contribution >= 4 is 11.6 Å². The third kappa shape index (κ3) is 2.62. The van der Waals surface area contributed by atoms with Crippen LogP contribution in [0.1, 0.15) is 12.1 Å². The highest BCUT2D eigenvalue weighted by Gasteiger charge is 2.51. The molecule has 0 bridgehead atoms. The Morgan fingerprint density at radius 2 is 2.38 bits per heavy atom. The first-order valence-corrected chi connectivity index (χ1v) is 8.25. The van der Waals surface area contributed by atoms with E-state index < -0.39 is 5.60 Å². The topological polar surface area (TPSA) is 100 Å². The number of rotatable bonds is 3. The molecule has 8 nitrogen and oxygen atoms in total. The Morgan fingerprint density at radius 3 is 3.15 bits per heavy atom. The van der Waals surface area contributed by atoms with E-state index in [1.807, 2.05) is 30.5 Å². The first kappa shape index (κ1) is 16.3. The fraction of sp³-hybridized carbons (Fsp3) is 0.333. The van der Waals surface area contributed by atoms with Crippen LogP contribution in [0.4, 0.5) is 5.69 Å². The summed E-state index contributed by atoms with van der Waals surface area (Å²) in [5.41, 5.74) is 2.11. The second-order valence-electron chi connectivity index (χ2n) is 6.28. The van der Waals surface area contributed by atoms with Gasteiger partial charge in [-0.2, -0.15) is 5.26 Å². The van der Waals surface area contributed by atoms with Crippen molar-refractivity contribution in [1.82, 2.24) is 14.9 Å². The number of nitriles is 1. The van der Waals surface area contributed by atoms with Gasteiger partial charge in [-0.05, 0) is 18.2 Å². The zero-order chi connectivity index (χ0) is 18.1. The van der Waals surface area contributed by atoms with E-state index >= 15 is 0 Å². The Morgan fingerprint density at radius 1 is 1.50 bits per heavy atom. The van der Waals surface area contributed by atoms with Gasteiger partial charge in [-0.25, -0.2) is 9.88 Å². The molecular weight excluding hydrogens is 334 g/mol. The van der Waals surface area contributed by atoms with Gasteiger partial charge in [-0.3, -0.25) is 9.78 Å². The van der Waals surface area contributed by atoms with Crippen LogP contribution in [0.25, 0.3) is 11.3 Å². The molecule has 8 heteroatoms. The number of amides is 1. The summed E-state index contributed by atoms with van der Waals surface area (Å²) >= 11 is 0. The number of nitrogens with zero attached hydrogens (tertiary/aromatic N) is 4. The number of hydrogen-bond acceptors (Lipinski definition) is 7. The van der Waals surface area contributed by atoms with E-state index in [1.54, 1.807) is 13.3 Å². The van der Waals surface area contributed by atoms with Gasteiger partial charge < -0.3 is 14.8 Å². The minimum absolute atomic E-state index is 0.305. The van der Waals surface area contributed by atoms with Crippen molar-refractivity contribution in [2.24, 2.45) is 0 Å². The van der Waals surface area contributed by atoms with Crippen molar-refractivity contribution < 1.29 is 14.3 Å². The average Bonchev–Trinajstić information content (AvgIpc) is 2.97. The van der Waals surface area contributed by atoms with Crippen LogP contribution >= 0.6 is 0 Å². The molecule has 1 N–H and O–H groups in total. The van der Waals surface area contributed by atoms with Crippen LogP contribution in [-0.2, 0) is 16.1 Å². The Kier molecular flexibility index (Phi) is 3.93. The molecule has 1 atom stereocenters. The van der Waals surface area contributed by atoms with Gasteiger partial charge in [-0.1, -0.05) is 6.07 Å². The van der Waals surface area contributed by atoms with E-state index in [-0.39, 0.29) is 5.91 Å². The Labute approximate surface area is 150 Å². The highest BCUT2D eigenvalue weighted by atomic mass is 16.5. The zero-order valence-corrected chi connectivity index (χ0v) is 14.2. The fourth-order valence-electron chi connectivity index (χ4n) is 3.23. The normalized spacial score (nSPS) is 21.1. The molecule has 26 heavy (non-hydrogen) atoms. The van der Waals surface area contributed by atoms with Crippen LogP contribution < -0.4 is 10.1 Å². The third-order valence-electron chi connectivity index (χ3n) is 4.60. The number of nitrogens with one attached hydrogen (secondary N) is 1. The second kappa shape index (κ2) is 6.28. The number of fused-ring (bicyclic) bond motifs is 1. The monoisotopic (exact) mass is 351 g/mol. The second-order valence-corrected chi connectivity index (χ2v) is 6.28. The summed E-state index contributed by atoms with van der Waals surface area (Å²) in [6.07, 6.45) is 4.01. The van der Waals surface area contributed by atoms with E-state index in [4.69, 9.17) is 14.7 Å². The van der Waals surface area contributed by atoms with Gasteiger partial charge in [0, 0.05) is 31.8 Å². The van der Waals surface area contributed by atoms with E-state index in [1.165, 1.54) is 0 Å². The minimum atomic E-state index is -1.05. The summed E-state index contributed by atoms with van der Waals surface area (Å²) in [5.74, 6) is 0.0409. The van der Waals surface area contributed by atoms with Crippen LogP contribution in [-0.4, -0.2) is 46.6 Å². The SMILES string of the molecule is COCc1cccc(-c2cnc3c(c2)NCC2(CCN(C#N)C2=O)O3)n1. The van der Waals surface area contributed by atoms with Crippen LogP contribution in [0.3, 0.4) is 0 Å². The molecule has 2 aliphatic heterocycles. The smallest absolute Gasteiger partial charge is 0.281 e. The standard InChI is InChI=1S/C18H17N5O3/c1-25-9-13-3-2-4-14(22-13)12-7-15-16(20-8-12)26-18(10-21-15)5-6-23(11-19)17(18)24/h2-4,7-8,21H,5-6,9-10H2,1H3. The molecule has 2 aliphatic rings. The van der Waals surface area contributed by atoms with Crippen LogP contribution in [0.15, 0.2) is 30.5 Å². The number of methoxy groups -OCH3 is 1. The maximum absolute atomic E-state index is 12.4. The lowest BCUT2D eigenvalue weighted by molar-refractivity contribution is -0.138. The molecule has 0 radical (unpaired) electrons. The summed E-state index contributed by atoms with van der Waals surface area (Å²) < 4.78 is 11.0. The number of anilines is 1. The number of carbonyl (C=O) groups is 1. The van der Waals surface area contributed by atoms with Crippen molar-refractivity contribution in [1.29, 1.82) is 5.26 Å². The van der Waals surface area contributed by atoms with Gasteiger partial charge in [0.05, 0.1) is 30.2 Å². The van der Waals surface area contributed by atoms with Gasteiger partial charge in [0.15, 0.2) is 6.19 Å². The first-order valence-electron chi connectivity index (χ1n) is 8.25. The van der Waals surface area contributed by atoms with Crippen molar-refractivity contribution in [3.63, 3.8) is 0 Å². The fourth-order valence-corrected chi connectivity index (χ4v) is 3.23. The third-order valence-corrected chi connectivity index (χ3v) is 4.60. The average molecular weight is 351 g/mol. The largest absolute Gasteiger partial charge is 0.457 e. The van der Waals surface area contributed by atoms with Gasteiger partial charge >= 0.3 is 0 Å². The number of carbonyl (C=O) groups excluding carboxylic acids is 1. The number of ether oxygens (including phenoxy) is 2. The van der Waals surface area contributed by atoms with Crippen molar-refractivity contribution in [2.45, 2.75) is 18.6 Å². The molecule has 1 fully saturated rings. The summed E-state index contributed by atoms with van der Waals surface area (Å²) in [4.78, 5) is 22.5. The predicted octanol–water partition coefficient (Wildman–Crippen LogP) is 1.55. The van der Waals surface area contributed by atoms with Crippen LogP contribution in [0, 0.1) is 11.5 Å². The summed E-state index contributed by atoms with van der Waals surface area (Å²) in [6, 6.07) is 7.62. The zero-order valence-electron chi connectivity index (χ0n) is 14.2. The lowest BCUT2D eigenvalue weighted by Gasteiger charge is -2.33. The Bertz CT molecular complexity index is 910. The number of hydrogen-bond donors (Lipinski definition) is 1. The molecule has 1 unspecified atom stereocenters. The molecule has 1 saturated heterocycles. The number of aromatic nitrogens is 2. The maximum Gasteiger partial charge on any atom is 0.281 e. The van der Waals surface area contributed by atoms with Gasteiger partial charge in [0.25, 0.3) is 5.91 Å². The highest BCUT2D eigenvalue weighted by molar-refractivity contribution is 5.90. The van der Waals surface area contributed by atoms with E-state index in [9.17, 15) is 4.79 Å². The lowest BCUT2D eigenvalue weighted by atomic mass is 10.00. The molecule has 4 heterocycles. The number of likely N-dealkylation sites (tertiary alicyclic amines) is 1. The van der Waals surface area contributed by atoms with Crippen LogP contribution in [0.5, 0.6) is 5.88 Å². The molecule has 1 amide bonds. The van der Waals surface area contributed by atoms with Crippen molar-refractivity contribution in [2.75, 3.05) is 25.5 Å². The summed E-state index contributed by atoms with van der Waals surface area (Å²) in [5, 5.41) is 12.2. The van der Waals surface area contributed by atoms with Crippen LogP contribution in [0.2, 0.25) is 0 Å².